The number of nitrogens with zero attached hydrogens (tertiary/aromatic N) is 3. The van der Waals surface area contributed by atoms with E-state index in [1.165, 1.54) is 12.1 Å². The van der Waals surface area contributed by atoms with Crippen molar-refractivity contribution < 1.29 is 9.31 Å². The average Bonchev–Trinajstić information content (AvgIpc) is 2.15. The highest BCUT2D eigenvalue weighted by Gasteiger charge is 2.19. The number of nitro benzene ring substituents is 1. The Morgan fingerprint density at radius 3 is 2.53 bits per heavy atom. The number of benzene rings is 1. The van der Waals surface area contributed by atoms with Gasteiger partial charge in [0.2, 0.25) is 11.8 Å². The molecule has 0 fully saturated rings. The van der Waals surface area contributed by atoms with Crippen LogP contribution in [0.5, 0.6) is 0 Å². The minimum atomic E-state index is -1.02. The lowest BCUT2D eigenvalue weighted by Crippen LogP contribution is -2.26. The molecule has 0 saturated heterocycles. The zero-order valence-electron chi connectivity index (χ0n) is 8.50. The van der Waals surface area contributed by atoms with E-state index in [0.29, 0.717) is 0 Å². The highest BCUT2D eigenvalue weighted by molar-refractivity contribution is 5.94. The molecule has 0 radical (unpaired) electrons. The molecule has 1 rings (SSSR count). The Morgan fingerprint density at radius 2 is 2.00 bits per heavy atom. The summed E-state index contributed by atoms with van der Waals surface area (Å²) in [4.78, 5) is 16.6. The summed E-state index contributed by atoms with van der Waals surface area (Å²) < 4.78 is 13.2. The molecule has 1 aromatic rings. The number of hydrogen-bond donors (Lipinski definition) is 3. The molecule has 0 amide bonds. The molecule has 0 heterocycles. The van der Waals surface area contributed by atoms with Crippen molar-refractivity contribution in [2.75, 3.05) is 0 Å². The number of aliphatic imine (C=N–C) groups is 2. The molecule has 90 valence electrons. The van der Waals surface area contributed by atoms with Gasteiger partial charge in [0.1, 0.15) is 5.69 Å². The molecular formula is C8H9FN6O2. The van der Waals surface area contributed by atoms with Gasteiger partial charge in [0.25, 0.3) is 0 Å². The second kappa shape index (κ2) is 4.88. The van der Waals surface area contributed by atoms with Gasteiger partial charge in [0, 0.05) is 0 Å². The Hall–Kier alpha value is -2.71. The van der Waals surface area contributed by atoms with Gasteiger partial charge < -0.3 is 17.2 Å². The molecule has 6 N–H and O–H groups in total. The van der Waals surface area contributed by atoms with Crippen molar-refractivity contribution in [3.05, 3.63) is 34.1 Å². The van der Waals surface area contributed by atoms with Gasteiger partial charge in [-0.3, -0.25) is 10.1 Å². The molecule has 8 nitrogen and oxygen atoms in total. The van der Waals surface area contributed by atoms with E-state index in [1.54, 1.807) is 0 Å². The molecular weight excluding hydrogens is 231 g/mol. The predicted molar refractivity (Wildman–Crippen MR) is 60.1 cm³/mol. The molecule has 0 unspecified atom stereocenters. The standard InChI is InChI=1S/C8H9FN6O2/c9-4-2-1-3-5(6(4)15(16)17)13-8(12)14-7(10)11/h1-3H,(H6,10,11,12,13,14). The van der Waals surface area contributed by atoms with Crippen molar-refractivity contribution in [1.82, 2.24) is 0 Å². The van der Waals surface area contributed by atoms with Crippen LogP contribution >= 0.6 is 0 Å². The SMILES string of the molecule is NC(N)=NC(N)=Nc1cccc(F)c1[N+](=O)[O-]. The quantitative estimate of drug-likeness (QED) is 0.287. The summed E-state index contributed by atoms with van der Waals surface area (Å²) in [5.74, 6) is -1.78. The molecule has 0 aliphatic heterocycles. The lowest BCUT2D eigenvalue weighted by Gasteiger charge is -1.99. The number of para-hydroxylation sites is 1. The first kappa shape index (κ1) is 12.4. The number of nitro groups is 1. The van der Waals surface area contributed by atoms with Gasteiger partial charge in [-0.25, -0.2) is 4.99 Å². The van der Waals surface area contributed by atoms with Gasteiger partial charge in [-0.1, -0.05) is 6.07 Å². The summed E-state index contributed by atoms with van der Waals surface area (Å²) in [6.07, 6.45) is 0. The van der Waals surface area contributed by atoms with Crippen LogP contribution in [0.25, 0.3) is 0 Å². The normalized spacial score (nSPS) is 11.0. The van der Waals surface area contributed by atoms with E-state index in [2.05, 4.69) is 9.98 Å². The minimum absolute atomic E-state index is 0.266. The van der Waals surface area contributed by atoms with Gasteiger partial charge >= 0.3 is 5.69 Å². The summed E-state index contributed by atoms with van der Waals surface area (Å²) in [5.41, 5.74) is 14.3. The molecule has 17 heavy (non-hydrogen) atoms. The summed E-state index contributed by atoms with van der Waals surface area (Å²) in [6, 6.07) is 3.41. The van der Waals surface area contributed by atoms with E-state index in [0.717, 1.165) is 6.07 Å². The first-order valence-electron chi connectivity index (χ1n) is 4.28. The molecule has 0 aliphatic rings. The van der Waals surface area contributed by atoms with E-state index >= 15 is 0 Å². The summed E-state index contributed by atoms with van der Waals surface area (Å²) in [5, 5.41) is 10.6. The number of nitrogens with two attached hydrogens (primary N) is 3. The first-order chi connectivity index (χ1) is 7.91. The van der Waals surface area contributed by atoms with E-state index in [1.807, 2.05) is 0 Å². The van der Waals surface area contributed by atoms with E-state index in [9.17, 15) is 14.5 Å². The molecule has 9 heteroatoms. The van der Waals surface area contributed by atoms with Crippen LogP contribution in [0.3, 0.4) is 0 Å². The van der Waals surface area contributed by atoms with Crippen LogP contribution in [-0.2, 0) is 0 Å². The van der Waals surface area contributed by atoms with Gasteiger partial charge in [-0.05, 0) is 12.1 Å². The Kier molecular flexibility index (Phi) is 3.55. The van der Waals surface area contributed by atoms with Crippen LogP contribution in [0.2, 0.25) is 0 Å². The Labute approximate surface area is 94.8 Å². The molecule has 1 aromatic carbocycles. The molecule has 0 aromatic heterocycles. The highest BCUT2D eigenvalue weighted by Crippen LogP contribution is 2.29. The van der Waals surface area contributed by atoms with Gasteiger partial charge in [-0.15, -0.1) is 0 Å². The minimum Gasteiger partial charge on any atom is -0.370 e. The summed E-state index contributed by atoms with van der Waals surface area (Å²) in [6.45, 7) is 0. The summed E-state index contributed by atoms with van der Waals surface area (Å²) in [7, 11) is 0. The summed E-state index contributed by atoms with van der Waals surface area (Å²) >= 11 is 0. The maximum absolute atomic E-state index is 13.2. The number of guanidine groups is 2. The number of halogens is 1. The van der Waals surface area contributed by atoms with Crippen molar-refractivity contribution in [2.24, 2.45) is 27.2 Å². The molecule has 0 saturated carbocycles. The van der Waals surface area contributed by atoms with Crippen LogP contribution in [0.4, 0.5) is 15.8 Å². The van der Waals surface area contributed by atoms with Gasteiger partial charge in [-0.2, -0.15) is 9.38 Å². The molecule has 0 aliphatic carbocycles. The fraction of sp³-hybridized carbons (Fsp3) is 0. The number of hydrogen-bond acceptors (Lipinski definition) is 3. The Morgan fingerprint density at radius 1 is 1.35 bits per heavy atom. The largest absolute Gasteiger partial charge is 0.370 e. The second-order valence-corrected chi connectivity index (χ2v) is 2.87. The van der Waals surface area contributed by atoms with Crippen LogP contribution in [0.1, 0.15) is 0 Å². The van der Waals surface area contributed by atoms with E-state index in [-0.39, 0.29) is 11.6 Å². The zero-order valence-corrected chi connectivity index (χ0v) is 8.50. The number of rotatable bonds is 2. The monoisotopic (exact) mass is 240 g/mol. The van der Waals surface area contributed by atoms with Crippen molar-refractivity contribution in [1.29, 1.82) is 0 Å². The molecule has 0 spiro atoms. The highest BCUT2D eigenvalue weighted by atomic mass is 19.1. The fourth-order valence-electron chi connectivity index (χ4n) is 1.06. The lowest BCUT2D eigenvalue weighted by molar-refractivity contribution is -0.386. The Balaban J connectivity index is 3.28. The fourth-order valence-corrected chi connectivity index (χ4v) is 1.06. The average molecular weight is 240 g/mol. The second-order valence-electron chi connectivity index (χ2n) is 2.87. The van der Waals surface area contributed by atoms with Crippen LogP contribution in [0, 0.1) is 15.9 Å². The third-order valence-electron chi connectivity index (χ3n) is 1.63. The van der Waals surface area contributed by atoms with Crippen LogP contribution < -0.4 is 17.2 Å². The molecule has 0 bridgehead atoms. The third-order valence-corrected chi connectivity index (χ3v) is 1.63. The van der Waals surface area contributed by atoms with Gasteiger partial charge in [0.15, 0.2) is 5.96 Å². The van der Waals surface area contributed by atoms with E-state index in [4.69, 9.17) is 17.2 Å². The van der Waals surface area contributed by atoms with Crippen LogP contribution in [0.15, 0.2) is 28.2 Å². The predicted octanol–water partition coefficient (Wildman–Crippen LogP) is -0.0465. The van der Waals surface area contributed by atoms with Gasteiger partial charge in [0.05, 0.1) is 4.92 Å². The topological polar surface area (TPSA) is 146 Å². The first-order valence-corrected chi connectivity index (χ1v) is 4.28. The lowest BCUT2D eigenvalue weighted by atomic mass is 10.2. The zero-order chi connectivity index (χ0) is 13.0. The van der Waals surface area contributed by atoms with E-state index < -0.39 is 22.4 Å². The Bertz CT molecular complexity index is 509. The maximum atomic E-state index is 13.2. The third kappa shape index (κ3) is 3.12. The van der Waals surface area contributed by atoms with Crippen molar-refractivity contribution in [3.63, 3.8) is 0 Å². The van der Waals surface area contributed by atoms with Crippen molar-refractivity contribution >= 4 is 23.3 Å². The van der Waals surface area contributed by atoms with Crippen molar-refractivity contribution in [3.8, 4) is 0 Å². The molecule has 0 atom stereocenters. The van der Waals surface area contributed by atoms with Crippen molar-refractivity contribution in [2.45, 2.75) is 0 Å². The van der Waals surface area contributed by atoms with Crippen LogP contribution in [-0.4, -0.2) is 16.8 Å². The maximum Gasteiger partial charge on any atom is 0.330 e. The smallest absolute Gasteiger partial charge is 0.330 e.